The van der Waals surface area contributed by atoms with Crippen molar-refractivity contribution in [2.45, 2.75) is 45.4 Å². The second-order valence-corrected chi connectivity index (χ2v) is 11.7. The number of carbonyl (C=O) groups is 4. The average molecular weight is 648 g/mol. The van der Waals surface area contributed by atoms with Crippen LogP contribution >= 0.6 is 0 Å². The molecule has 0 radical (unpaired) electrons. The summed E-state index contributed by atoms with van der Waals surface area (Å²) in [5, 5.41) is 8.88. The Balaban J connectivity index is 0.991. The number of hydrogen-bond donors (Lipinski definition) is 3. The fourth-order valence-electron chi connectivity index (χ4n) is 6.09. The van der Waals surface area contributed by atoms with E-state index in [1.54, 1.807) is 25.3 Å². The van der Waals surface area contributed by atoms with Crippen molar-refractivity contribution in [1.82, 2.24) is 20.5 Å². The molecule has 3 heterocycles. The van der Waals surface area contributed by atoms with Crippen LogP contribution in [0.5, 0.6) is 11.8 Å². The van der Waals surface area contributed by atoms with Crippen LogP contribution < -0.4 is 25.4 Å². The second kappa shape index (κ2) is 14.5. The number of pyridine rings is 1. The van der Waals surface area contributed by atoms with Gasteiger partial charge in [0.1, 0.15) is 12.6 Å². The number of fused-ring (bicyclic) bond motifs is 1. The third-order valence-electron chi connectivity index (χ3n) is 8.64. The predicted molar refractivity (Wildman–Crippen MR) is 180 cm³/mol. The average Bonchev–Trinajstić information content (AvgIpc) is 3.35. The van der Waals surface area contributed by atoms with E-state index in [4.69, 9.17) is 9.47 Å². The topological polar surface area (TPSA) is 139 Å². The molecule has 48 heavy (non-hydrogen) atoms. The molecule has 1 unspecified atom stereocenters. The summed E-state index contributed by atoms with van der Waals surface area (Å²) in [7, 11) is 1.58. The molecular weight excluding hydrogens is 610 g/mol. The number of nitrogens with zero attached hydrogens (tertiary/aromatic N) is 2. The lowest BCUT2D eigenvalue weighted by Gasteiger charge is -2.27. The van der Waals surface area contributed by atoms with Gasteiger partial charge in [-0.2, -0.15) is 4.98 Å². The smallest absolute Gasteiger partial charge is 0.264 e. The van der Waals surface area contributed by atoms with Crippen LogP contribution in [0.1, 0.15) is 56.7 Å². The summed E-state index contributed by atoms with van der Waals surface area (Å²) in [6, 6.07) is 24.3. The Hall–Kier alpha value is -5.55. The summed E-state index contributed by atoms with van der Waals surface area (Å²) in [5.74, 6) is -1.14. The molecule has 6 rings (SSSR count). The number of imide groups is 2. The molecule has 2 aliphatic rings. The van der Waals surface area contributed by atoms with E-state index < -0.39 is 29.7 Å². The number of piperidine rings is 1. The van der Waals surface area contributed by atoms with Crippen LogP contribution in [0, 0.1) is 6.92 Å². The summed E-state index contributed by atoms with van der Waals surface area (Å²) in [6.45, 7) is 4.21. The van der Waals surface area contributed by atoms with Crippen molar-refractivity contribution in [3.8, 4) is 22.9 Å². The molecule has 11 heteroatoms. The minimum atomic E-state index is -1.000. The molecule has 246 valence electrons. The molecule has 1 atom stereocenters. The number of amides is 4. The van der Waals surface area contributed by atoms with Crippen molar-refractivity contribution in [3.63, 3.8) is 0 Å². The number of carbonyl (C=O) groups excluding carboxylic acids is 4. The highest BCUT2D eigenvalue weighted by atomic mass is 16.5. The maximum Gasteiger partial charge on any atom is 0.264 e. The summed E-state index contributed by atoms with van der Waals surface area (Å²) in [4.78, 5) is 55.8. The largest absolute Gasteiger partial charge is 0.481 e. The predicted octanol–water partition coefficient (Wildman–Crippen LogP) is 4.64. The fraction of sp³-hybridized carbons (Fsp3) is 0.270. The van der Waals surface area contributed by atoms with Gasteiger partial charge in [-0.25, -0.2) is 0 Å². The van der Waals surface area contributed by atoms with Gasteiger partial charge in [-0.1, -0.05) is 54.6 Å². The molecule has 0 spiro atoms. The van der Waals surface area contributed by atoms with Gasteiger partial charge in [-0.15, -0.1) is 0 Å². The van der Waals surface area contributed by atoms with Gasteiger partial charge < -0.3 is 20.1 Å². The zero-order valence-electron chi connectivity index (χ0n) is 26.9. The van der Waals surface area contributed by atoms with Crippen LogP contribution in [0.3, 0.4) is 0 Å². The Morgan fingerprint density at radius 2 is 1.67 bits per heavy atom. The highest BCUT2D eigenvalue weighted by molar-refractivity contribution is 6.25. The molecule has 1 saturated heterocycles. The third-order valence-corrected chi connectivity index (χ3v) is 8.64. The lowest BCUT2D eigenvalue weighted by Crippen LogP contribution is -2.54. The van der Waals surface area contributed by atoms with Gasteiger partial charge >= 0.3 is 0 Å². The second-order valence-electron chi connectivity index (χ2n) is 11.7. The molecule has 3 N–H and O–H groups in total. The molecule has 4 amide bonds. The Morgan fingerprint density at radius 3 is 2.46 bits per heavy atom. The quantitative estimate of drug-likeness (QED) is 0.140. The normalized spacial score (nSPS) is 15.7. The summed E-state index contributed by atoms with van der Waals surface area (Å²) in [6.07, 6.45) is 0.914. The first-order valence-electron chi connectivity index (χ1n) is 16.0. The van der Waals surface area contributed by atoms with Crippen LogP contribution in [-0.2, 0) is 22.7 Å². The molecule has 2 aliphatic heterocycles. The molecule has 11 nitrogen and oxygen atoms in total. The van der Waals surface area contributed by atoms with Crippen LogP contribution in [-0.4, -0.2) is 59.8 Å². The zero-order valence-corrected chi connectivity index (χ0v) is 26.9. The number of aromatic nitrogens is 1. The van der Waals surface area contributed by atoms with Crippen LogP contribution in [0.2, 0.25) is 0 Å². The molecule has 0 saturated carbocycles. The van der Waals surface area contributed by atoms with Gasteiger partial charge in [0, 0.05) is 36.8 Å². The monoisotopic (exact) mass is 647 g/mol. The van der Waals surface area contributed by atoms with Gasteiger partial charge in [0.15, 0.2) is 0 Å². The third kappa shape index (κ3) is 6.77. The summed E-state index contributed by atoms with van der Waals surface area (Å²) >= 11 is 0. The first kappa shape index (κ1) is 32.4. The Labute approximate surface area is 278 Å². The number of anilines is 1. The number of ether oxygens (including phenoxy) is 2. The molecule has 1 aromatic heterocycles. The zero-order chi connectivity index (χ0) is 33.6. The number of rotatable bonds is 13. The van der Waals surface area contributed by atoms with Crippen LogP contribution in [0.15, 0.2) is 78.9 Å². The number of nitrogens with one attached hydrogen (secondary N) is 3. The van der Waals surface area contributed by atoms with E-state index in [-0.39, 0.29) is 24.0 Å². The van der Waals surface area contributed by atoms with Crippen LogP contribution in [0.25, 0.3) is 11.1 Å². The van der Waals surface area contributed by atoms with Crippen molar-refractivity contribution in [3.05, 3.63) is 107 Å². The maximum absolute atomic E-state index is 13.3. The molecule has 4 aromatic rings. The number of benzene rings is 3. The molecule has 3 aromatic carbocycles. The van der Waals surface area contributed by atoms with Crippen molar-refractivity contribution in [2.75, 3.05) is 25.5 Å². The van der Waals surface area contributed by atoms with Crippen molar-refractivity contribution in [1.29, 1.82) is 0 Å². The Morgan fingerprint density at radius 1 is 0.875 bits per heavy atom. The van der Waals surface area contributed by atoms with E-state index in [2.05, 4.69) is 52.1 Å². The van der Waals surface area contributed by atoms with Gasteiger partial charge in [-0.3, -0.25) is 29.4 Å². The number of methoxy groups -OCH3 is 1. The van der Waals surface area contributed by atoms with Gasteiger partial charge in [0.25, 0.3) is 11.8 Å². The minimum Gasteiger partial charge on any atom is -0.481 e. The van der Waals surface area contributed by atoms with Gasteiger partial charge in [0.2, 0.25) is 23.6 Å². The number of hydrogen-bond acceptors (Lipinski definition) is 9. The molecular formula is C37H37N5O6. The summed E-state index contributed by atoms with van der Waals surface area (Å²) in [5.41, 5.74) is 6.50. The molecule has 1 fully saturated rings. The fourth-order valence-corrected chi connectivity index (χ4v) is 6.09. The van der Waals surface area contributed by atoms with Crippen molar-refractivity contribution >= 4 is 29.3 Å². The van der Waals surface area contributed by atoms with Crippen molar-refractivity contribution < 1.29 is 28.7 Å². The first-order chi connectivity index (χ1) is 23.4. The van der Waals surface area contributed by atoms with E-state index in [0.717, 1.165) is 33.6 Å². The van der Waals surface area contributed by atoms with Gasteiger partial charge in [0.05, 0.1) is 18.2 Å². The van der Waals surface area contributed by atoms with Crippen LogP contribution in [0.4, 0.5) is 5.69 Å². The van der Waals surface area contributed by atoms with Crippen molar-refractivity contribution in [2.24, 2.45) is 0 Å². The van der Waals surface area contributed by atoms with E-state index in [1.807, 2.05) is 36.4 Å². The molecule has 0 aliphatic carbocycles. The lowest BCUT2D eigenvalue weighted by molar-refractivity contribution is -0.136. The SMILES string of the molecule is COc1nc(OCc2cccc(-c3ccccc3)c2C)ccc1CNCCCNc1cccc2c1C(=O)N(C1CCC(=O)NC1=O)C2=O. The van der Waals surface area contributed by atoms with E-state index in [0.29, 0.717) is 43.7 Å². The van der Waals surface area contributed by atoms with E-state index >= 15 is 0 Å². The lowest BCUT2D eigenvalue weighted by atomic mass is 9.97. The highest BCUT2D eigenvalue weighted by Crippen LogP contribution is 2.32. The Kier molecular flexibility index (Phi) is 9.77. The van der Waals surface area contributed by atoms with E-state index in [1.165, 1.54) is 5.56 Å². The first-order valence-corrected chi connectivity index (χ1v) is 16.0. The minimum absolute atomic E-state index is 0.0754. The standard InChI is InChI=1S/C37H37N5O6/c1-23-26(11-6-12-27(23)24-9-4-3-5-10-24)22-48-32-18-15-25(35(41-32)47-2)21-38-19-8-20-39-29-14-7-13-28-33(29)37(46)42(36(28)45)30-16-17-31(43)40-34(30)44/h3-7,9-15,18,30,38-39H,8,16-17,19-22H2,1-2H3,(H,40,43,44). The Bertz CT molecular complexity index is 1860. The van der Waals surface area contributed by atoms with Gasteiger partial charge in [-0.05, 0) is 66.8 Å². The van der Waals surface area contributed by atoms with E-state index in [9.17, 15) is 19.2 Å². The summed E-state index contributed by atoms with van der Waals surface area (Å²) < 4.78 is 11.6. The highest BCUT2D eigenvalue weighted by Gasteiger charge is 2.45. The maximum atomic E-state index is 13.3. The molecule has 0 bridgehead atoms.